The molecule has 2 amide bonds. The summed E-state index contributed by atoms with van der Waals surface area (Å²) >= 11 is 6.33. The second-order valence-corrected chi connectivity index (χ2v) is 8.23. The Morgan fingerprint density at radius 1 is 1.07 bits per heavy atom. The highest BCUT2D eigenvalue weighted by atomic mass is 35.5. The van der Waals surface area contributed by atoms with E-state index in [0.717, 1.165) is 37.2 Å². The molecule has 0 aliphatic carbocycles. The standard InChI is InChI=1S/C23H28ClN3O2/c1-16(2)15-25-22(28)19-14-18(10-11-20(19)27-12-6-7-13-27)26-23(29)21(24)17-8-4-3-5-9-17/h3-5,8-11,14,16,21H,6-7,12-13,15H2,1-2H3,(H,25,28)(H,26,29). The van der Waals surface area contributed by atoms with E-state index in [2.05, 4.69) is 29.4 Å². The van der Waals surface area contributed by atoms with E-state index in [-0.39, 0.29) is 11.8 Å². The van der Waals surface area contributed by atoms with E-state index < -0.39 is 5.38 Å². The summed E-state index contributed by atoms with van der Waals surface area (Å²) in [5.41, 5.74) is 2.79. The average Bonchev–Trinajstić information content (AvgIpc) is 3.26. The number of carbonyl (C=O) groups is 2. The van der Waals surface area contributed by atoms with Gasteiger partial charge in [-0.25, -0.2) is 0 Å². The fourth-order valence-corrected chi connectivity index (χ4v) is 3.60. The lowest BCUT2D eigenvalue weighted by atomic mass is 10.1. The van der Waals surface area contributed by atoms with Crippen molar-refractivity contribution in [1.82, 2.24) is 5.32 Å². The summed E-state index contributed by atoms with van der Waals surface area (Å²) in [6.45, 7) is 6.60. The molecule has 1 unspecified atom stereocenters. The lowest BCUT2D eigenvalue weighted by Gasteiger charge is -2.22. The van der Waals surface area contributed by atoms with Crippen LogP contribution in [0, 0.1) is 5.92 Å². The molecule has 2 aromatic carbocycles. The van der Waals surface area contributed by atoms with Crippen LogP contribution in [-0.4, -0.2) is 31.4 Å². The summed E-state index contributed by atoms with van der Waals surface area (Å²) in [5.74, 6) is -0.0811. The van der Waals surface area contributed by atoms with Gasteiger partial charge in [-0.3, -0.25) is 9.59 Å². The number of carbonyl (C=O) groups excluding carboxylic acids is 2. The Morgan fingerprint density at radius 2 is 1.76 bits per heavy atom. The minimum atomic E-state index is -0.798. The molecule has 3 rings (SSSR count). The van der Waals surface area contributed by atoms with Crippen LogP contribution >= 0.6 is 11.6 Å². The van der Waals surface area contributed by atoms with Crippen LogP contribution < -0.4 is 15.5 Å². The molecule has 6 heteroatoms. The molecule has 0 saturated carbocycles. The molecule has 2 aromatic rings. The first-order valence-corrected chi connectivity index (χ1v) is 10.6. The molecule has 5 nitrogen and oxygen atoms in total. The van der Waals surface area contributed by atoms with Gasteiger partial charge in [-0.05, 0) is 42.5 Å². The number of anilines is 2. The van der Waals surface area contributed by atoms with Crippen LogP contribution in [0.2, 0.25) is 0 Å². The molecular formula is C23H28ClN3O2. The van der Waals surface area contributed by atoms with Gasteiger partial charge in [-0.1, -0.05) is 44.2 Å². The Kier molecular flexibility index (Phi) is 7.15. The fraction of sp³-hybridized carbons (Fsp3) is 0.391. The van der Waals surface area contributed by atoms with E-state index in [1.807, 2.05) is 42.5 Å². The molecule has 2 N–H and O–H groups in total. The maximum atomic E-state index is 12.8. The molecule has 0 bridgehead atoms. The number of nitrogens with zero attached hydrogens (tertiary/aromatic N) is 1. The largest absolute Gasteiger partial charge is 0.371 e. The van der Waals surface area contributed by atoms with Gasteiger partial charge in [0.2, 0.25) is 5.91 Å². The van der Waals surface area contributed by atoms with Gasteiger partial charge in [-0.2, -0.15) is 0 Å². The number of hydrogen-bond donors (Lipinski definition) is 2. The zero-order chi connectivity index (χ0) is 20.8. The van der Waals surface area contributed by atoms with Crippen molar-refractivity contribution >= 4 is 34.8 Å². The summed E-state index contributed by atoms with van der Waals surface area (Å²) < 4.78 is 0. The van der Waals surface area contributed by atoms with Crippen molar-refractivity contribution in [3.63, 3.8) is 0 Å². The predicted octanol–water partition coefficient (Wildman–Crippen LogP) is 4.59. The lowest BCUT2D eigenvalue weighted by molar-refractivity contribution is -0.116. The van der Waals surface area contributed by atoms with E-state index in [1.165, 1.54) is 0 Å². The van der Waals surface area contributed by atoms with E-state index in [0.29, 0.717) is 23.7 Å². The predicted molar refractivity (Wildman–Crippen MR) is 119 cm³/mol. The zero-order valence-corrected chi connectivity index (χ0v) is 17.7. The Hall–Kier alpha value is -2.53. The number of nitrogens with one attached hydrogen (secondary N) is 2. The van der Waals surface area contributed by atoms with Gasteiger partial charge in [0.15, 0.2) is 0 Å². The topological polar surface area (TPSA) is 61.4 Å². The highest BCUT2D eigenvalue weighted by molar-refractivity contribution is 6.32. The molecule has 1 heterocycles. The minimum Gasteiger partial charge on any atom is -0.371 e. The second kappa shape index (κ2) is 9.79. The van der Waals surface area contributed by atoms with E-state index in [9.17, 15) is 9.59 Å². The number of hydrogen-bond acceptors (Lipinski definition) is 3. The van der Waals surface area contributed by atoms with Crippen LogP contribution in [0.4, 0.5) is 11.4 Å². The first-order chi connectivity index (χ1) is 14.0. The number of rotatable bonds is 7. The van der Waals surface area contributed by atoms with Crippen LogP contribution in [-0.2, 0) is 4.79 Å². The van der Waals surface area contributed by atoms with Crippen LogP contribution in [0.25, 0.3) is 0 Å². The molecule has 0 radical (unpaired) electrons. The van der Waals surface area contributed by atoms with Crippen LogP contribution in [0.1, 0.15) is 48.0 Å². The van der Waals surface area contributed by atoms with Crippen molar-refractivity contribution < 1.29 is 9.59 Å². The summed E-state index contributed by atoms with van der Waals surface area (Å²) in [7, 11) is 0. The van der Waals surface area contributed by atoms with E-state index in [4.69, 9.17) is 11.6 Å². The highest BCUT2D eigenvalue weighted by Gasteiger charge is 2.22. The third-order valence-corrected chi connectivity index (χ3v) is 5.40. The molecule has 1 fully saturated rings. The first-order valence-electron chi connectivity index (χ1n) is 10.1. The molecule has 1 atom stereocenters. The van der Waals surface area contributed by atoms with Crippen LogP contribution in [0.3, 0.4) is 0 Å². The van der Waals surface area contributed by atoms with Gasteiger partial charge >= 0.3 is 0 Å². The third-order valence-electron chi connectivity index (χ3n) is 4.95. The Bertz CT molecular complexity index is 848. The number of benzene rings is 2. The summed E-state index contributed by atoms with van der Waals surface area (Å²) in [5, 5.41) is 5.04. The molecule has 0 spiro atoms. The first kappa shape index (κ1) is 21.2. The quantitative estimate of drug-likeness (QED) is 0.652. The maximum Gasteiger partial charge on any atom is 0.253 e. The van der Waals surface area contributed by atoms with Gasteiger partial charge in [0.05, 0.1) is 5.56 Å². The van der Waals surface area contributed by atoms with Crippen molar-refractivity contribution in [3.05, 3.63) is 59.7 Å². The molecule has 154 valence electrons. The Labute approximate surface area is 177 Å². The highest BCUT2D eigenvalue weighted by Crippen LogP contribution is 2.29. The molecular weight excluding hydrogens is 386 g/mol. The third kappa shape index (κ3) is 5.51. The molecule has 1 aliphatic rings. The van der Waals surface area contributed by atoms with Crippen molar-refractivity contribution in [2.45, 2.75) is 32.1 Å². The van der Waals surface area contributed by atoms with Gasteiger partial charge in [0.1, 0.15) is 5.38 Å². The molecule has 0 aromatic heterocycles. The van der Waals surface area contributed by atoms with Crippen molar-refractivity contribution in [2.75, 3.05) is 29.9 Å². The average molecular weight is 414 g/mol. The van der Waals surface area contributed by atoms with Gasteiger partial charge in [-0.15, -0.1) is 11.6 Å². The fourth-order valence-electron chi connectivity index (χ4n) is 3.40. The monoisotopic (exact) mass is 413 g/mol. The summed E-state index contributed by atoms with van der Waals surface area (Å²) in [6.07, 6.45) is 2.24. The maximum absolute atomic E-state index is 12.8. The van der Waals surface area contributed by atoms with Crippen LogP contribution in [0.15, 0.2) is 48.5 Å². The van der Waals surface area contributed by atoms with Gasteiger partial charge in [0, 0.05) is 31.0 Å². The summed E-state index contributed by atoms with van der Waals surface area (Å²) in [6, 6.07) is 14.7. The van der Waals surface area contributed by atoms with Gasteiger partial charge < -0.3 is 15.5 Å². The SMILES string of the molecule is CC(C)CNC(=O)c1cc(NC(=O)C(Cl)c2ccccc2)ccc1N1CCCC1. The van der Waals surface area contributed by atoms with Crippen molar-refractivity contribution in [1.29, 1.82) is 0 Å². The minimum absolute atomic E-state index is 0.123. The molecule has 29 heavy (non-hydrogen) atoms. The zero-order valence-electron chi connectivity index (χ0n) is 17.0. The Balaban J connectivity index is 1.81. The number of amides is 2. The Morgan fingerprint density at radius 3 is 2.41 bits per heavy atom. The van der Waals surface area contributed by atoms with Crippen molar-refractivity contribution in [3.8, 4) is 0 Å². The van der Waals surface area contributed by atoms with Crippen molar-refractivity contribution in [2.24, 2.45) is 5.92 Å². The van der Waals surface area contributed by atoms with E-state index in [1.54, 1.807) is 6.07 Å². The normalized spacial score (nSPS) is 14.7. The number of alkyl halides is 1. The smallest absolute Gasteiger partial charge is 0.253 e. The lowest BCUT2D eigenvalue weighted by Crippen LogP contribution is -2.30. The molecule has 1 saturated heterocycles. The van der Waals surface area contributed by atoms with Crippen LogP contribution in [0.5, 0.6) is 0 Å². The molecule has 1 aliphatic heterocycles. The summed E-state index contributed by atoms with van der Waals surface area (Å²) in [4.78, 5) is 27.7. The second-order valence-electron chi connectivity index (χ2n) is 7.79. The van der Waals surface area contributed by atoms with Gasteiger partial charge in [0.25, 0.3) is 5.91 Å². The van der Waals surface area contributed by atoms with E-state index >= 15 is 0 Å². The number of halogens is 1.